The topological polar surface area (TPSA) is 67.2 Å². The van der Waals surface area contributed by atoms with Crippen molar-refractivity contribution in [2.24, 2.45) is 5.10 Å². The molecule has 5 nitrogen and oxygen atoms in total. The predicted octanol–water partition coefficient (Wildman–Crippen LogP) is 3.03. The van der Waals surface area contributed by atoms with Crippen molar-refractivity contribution in [3.63, 3.8) is 0 Å². The van der Waals surface area contributed by atoms with Crippen molar-refractivity contribution in [1.29, 1.82) is 0 Å². The molecule has 0 radical (unpaired) electrons. The smallest absolute Gasteiger partial charge is 0.250 e. The molecule has 108 valence electrons. The molecular formula is C13H10Cl2N4OS. The number of nitrogens with one attached hydrogen (secondary N) is 1. The molecule has 0 aliphatic rings. The number of nitrogens with zero attached hydrogens (tertiary/aromatic N) is 3. The average molecular weight is 341 g/mol. The van der Waals surface area contributed by atoms with E-state index in [1.807, 2.05) is 0 Å². The van der Waals surface area contributed by atoms with E-state index in [-0.39, 0.29) is 11.7 Å². The SMILES string of the molecule is O=C(CSc1ncccn1)NN=Cc1c(Cl)cccc1Cl. The van der Waals surface area contributed by atoms with Crippen LogP contribution in [0.3, 0.4) is 0 Å². The number of amides is 1. The largest absolute Gasteiger partial charge is 0.272 e. The van der Waals surface area contributed by atoms with Gasteiger partial charge < -0.3 is 0 Å². The summed E-state index contributed by atoms with van der Waals surface area (Å²) in [5, 5.41) is 5.29. The zero-order valence-electron chi connectivity index (χ0n) is 10.7. The molecule has 1 heterocycles. The molecule has 1 aromatic carbocycles. The maximum atomic E-state index is 11.6. The van der Waals surface area contributed by atoms with Crippen LogP contribution in [0.25, 0.3) is 0 Å². The van der Waals surface area contributed by atoms with Crippen LogP contribution in [0.2, 0.25) is 10.0 Å². The van der Waals surface area contributed by atoms with Crippen LogP contribution < -0.4 is 5.43 Å². The molecule has 2 aromatic rings. The maximum Gasteiger partial charge on any atom is 0.250 e. The number of carbonyl (C=O) groups is 1. The predicted molar refractivity (Wildman–Crippen MR) is 85.0 cm³/mol. The molecule has 0 unspecified atom stereocenters. The van der Waals surface area contributed by atoms with Gasteiger partial charge in [-0.25, -0.2) is 15.4 Å². The molecule has 0 fully saturated rings. The summed E-state index contributed by atoms with van der Waals surface area (Å²) in [6.45, 7) is 0. The number of halogens is 2. The lowest BCUT2D eigenvalue weighted by atomic mass is 10.2. The second-order valence-corrected chi connectivity index (χ2v) is 5.51. The van der Waals surface area contributed by atoms with Gasteiger partial charge in [-0.1, -0.05) is 41.0 Å². The Balaban J connectivity index is 1.85. The summed E-state index contributed by atoms with van der Waals surface area (Å²) < 4.78 is 0. The van der Waals surface area contributed by atoms with Crippen LogP contribution in [0.4, 0.5) is 0 Å². The van der Waals surface area contributed by atoms with E-state index < -0.39 is 0 Å². The summed E-state index contributed by atoms with van der Waals surface area (Å²) in [7, 11) is 0. The molecule has 1 N–H and O–H groups in total. The molecule has 2 rings (SSSR count). The molecule has 0 atom stereocenters. The first-order chi connectivity index (χ1) is 10.2. The quantitative estimate of drug-likeness (QED) is 0.393. The minimum absolute atomic E-state index is 0.164. The van der Waals surface area contributed by atoms with E-state index >= 15 is 0 Å². The average Bonchev–Trinajstić information content (AvgIpc) is 2.49. The lowest BCUT2D eigenvalue weighted by Gasteiger charge is -2.01. The second kappa shape index (κ2) is 7.97. The van der Waals surface area contributed by atoms with Crippen LogP contribution in [0.15, 0.2) is 46.9 Å². The first kappa shape index (κ1) is 15.8. The standard InChI is InChI=1S/C13H10Cl2N4OS/c14-10-3-1-4-11(15)9(10)7-18-19-12(20)8-21-13-16-5-2-6-17-13/h1-7H,8H2,(H,19,20). The number of benzene rings is 1. The Morgan fingerprint density at radius 1 is 1.24 bits per heavy atom. The summed E-state index contributed by atoms with van der Waals surface area (Å²) in [6.07, 6.45) is 4.64. The third-order valence-electron chi connectivity index (χ3n) is 2.26. The molecule has 1 amide bonds. The molecule has 0 saturated heterocycles. The summed E-state index contributed by atoms with van der Waals surface area (Å²) >= 11 is 13.2. The highest BCUT2D eigenvalue weighted by Gasteiger charge is 2.04. The van der Waals surface area contributed by atoms with Gasteiger partial charge in [-0.15, -0.1) is 0 Å². The zero-order valence-corrected chi connectivity index (χ0v) is 13.0. The molecule has 0 bridgehead atoms. The van der Waals surface area contributed by atoms with Gasteiger partial charge in [0.2, 0.25) is 0 Å². The molecule has 1 aromatic heterocycles. The third-order valence-corrected chi connectivity index (χ3v) is 3.79. The normalized spacial score (nSPS) is 10.8. The molecule has 0 saturated carbocycles. The van der Waals surface area contributed by atoms with Crippen molar-refractivity contribution in [3.8, 4) is 0 Å². The van der Waals surface area contributed by atoms with E-state index in [4.69, 9.17) is 23.2 Å². The fraction of sp³-hybridized carbons (Fsp3) is 0.0769. The van der Waals surface area contributed by atoms with E-state index in [9.17, 15) is 4.79 Å². The Hall–Kier alpha value is -1.63. The van der Waals surface area contributed by atoms with E-state index in [1.165, 1.54) is 18.0 Å². The van der Waals surface area contributed by atoms with Crippen molar-refractivity contribution < 1.29 is 4.79 Å². The Morgan fingerprint density at radius 3 is 2.57 bits per heavy atom. The molecule has 21 heavy (non-hydrogen) atoms. The van der Waals surface area contributed by atoms with Crippen LogP contribution in [0.1, 0.15) is 5.56 Å². The number of carbonyl (C=O) groups excluding carboxylic acids is 1. The second-order valence-electron chi connectivity index (χ2n) is 3.75. The number of hydrogen-bond acceptors (Lipinski definition) is 5. The van der Waals surface area contributed by atoms with Crippen LogP contribution in [0.5, 0.6) is 0 Å². The van der Waals surface area contributed by atoms with Gasteiger partial charge in [0.1, 0.15) is 0 Å². The van der Waals surface area contributed by atoms with Gasteiger partial charge in [0, 0.05) is 18.0 Å². The van der Waals surface area contributed by atoms with Crippen molar-refractivity contribution in [1.82, 2.24) is 15.4 Å². The maximum absolute atomic E-state index is 11.6. The monoisotopic (exact) mass is 340 g/mol. The van der Waals surface area contributed by atoms with Gasteiger partial charge in [-0.3, -0.25) is 4.79 Å². The molecule has 0 aliphatic carbocycles. The van der Waals surface area contributed by atoms with Crippen LogP contribution in [-0.4, -0.2) is 27.8 Å². The number of aromatic nitrogens is 2. The van der Waals surface area contributed by atoms with Crippen LogP contribution in [-0.2, 0) is 4.79 Å². The number of thioether (sulfide) groups is 1. The highest BCUT2D eigenvalue weighted by atomic mass is 35.5. The zero-order chi connectivity index (χ0) is 15.1. The van der Waals surface area contributed by atoms with Gasteiger partial charge in [0.05, 0.1) is 22.0 Å². The van der Waals surface area contributed by atoms with E-state index in [0.29, 0.717) is 20.8 Å². The first-order valence-electron chi connectivity index (χ1n) is 5.82. The lowest BCUT2D eigenvalue weighted by Crippen LogP contribution is -2.19. The number of hydrogen-bond donors (Lipinski definition) is 1. The van der Waals surface area contributed by atoms with Crippen molar-refractivity contribution in [3.05, 3.63) is 52.3 Å². The molecular weight excluding hydrogens is 331 g/mol. The minimum Gasteiger partial charge on any atom is -0.272 e. The molecule has 0 aliphatic heterocycles. The summed E-state index contributed by atoms with van der Waals surface area (Å²) in [6, 6.07) is 6.83. The summed E-state index contributed by atoms with van der Waals surface area (Å²) in [4.78, 5) is 19.6. The molecule has 0 spiro atoms. The molecule has 8 heteroatoms. The first-order valence-corrected chi connectivity index (χ1v) is 7.56. The van der Waals surface area contributed by atoms with Crippen molar-refractivity contribution >= 4 is 47.1 Å². The highest BCUT2D eigenvalue weighted by Crippen LogP contribution is 2.21. The third kappa shape index (κ3) is 5.00. The Morgan fingerprint density at radius 2 is 1.90 bits per heavy atom. The van der Waals surface area contributed by atoms with Gasteiger partial charge in [-0.2, -0.15) is 5.10 Å². The van der Waals surface area contributed by atoms with Gasteiger partial charge in [0.25, 0.3) is 5.91 Å². The Kier molecular flexibility index (Phi) is 5.98. The fourth-order valence-corrected chi connectivity index (χ4v) is 2.42. The summed E-state index contributed by atoms with van der Waals surface area (Å²) in [5.41, 5.74) is 2.95. The van der Waals surface area contributed by atoms with Gasteiger partial charge in [0.15, 0.2) is 5.16 Å². The fourth-order valence-electron chi connectivity index (χ4n) is 1.33. The Bertz CT molecular complexity index is 632. The van der Waals surface area contributed by atoms with Crippen molar-refractivity contribution in [2.75, 3.05) is 5.75 Å². The van der Waals surface area contributed by atoms with Crippen LogP contribution >= 0.6 is 35.0 Å². The van der Waals surface area contributed by atoms with E-state index in [2.05, 4.69) is 20.5 Å². The Labute approximate surface area is 135 Å². The highest BCUT2D eigenvalue weighted by molar-refractivity contribution is 7.99. The summed E-state index contributed by atoms with van der Waals surface area (Å²) in [5.74, 6) is -0.107. The number of hydrazone groups is 1. The lowest BCUT2D eigenvalue weighted by molar-refractivity contribution is -0.118. The number of rotatable bonds is 5. The van der Waals surface area contributed by atoms with Crippen LogP contribution in [0, 0.1) is 0 Å². The van der Waals surface area contributed by atoms with Gasteiger partial charge >= 0.3 is 0 Å². The van der Waals surface area contributed by atoms with E-state index in [1.54, 1.807) is 36.7 Å². The minimum atomic E-state index is -0.271. The van der Waals surface area contributed by atoms with Crippen molar-refractivity contribution in [2.45, 2.75) is 5.16 Å². The van der Waals surface area contributed by atoms with Gasteiger partial charge in [-0.05, 0) is 18.2 Å². The van der Waals surface area contributed by atoms with E-state index in [0.717, 1.165) is 0 Å².